The Kier molecular flexibility index (Phi) is 3.37. The fourth-order valence-electron chi connectivity index (χ4n) is 8.93. The molecule has 1 N–H and O–H groups in total. The average molecular weight is 466 g/mol. The normalized spacial score (nSPS) is 37.4. The van der Waals surface area contributed by atoms with Crippen molar-refractivity contribution >= 4 is 5.91 Å². The van der Waals surface area contributed by atoms with Crippen molar-refractivity contribution in [2.24, 2.45) is 46.3 Å². The van der Waals surface area contributed by atoms with Gasteiger partial charge in [-0.1, -0.05) is 12.1 Å². The first-order valence-corrected chi connectivity index (χ1v) is 12.1. The molecule has 0 unspecified atom stereocenters. The van der Waals surface area contributed by atoms with E-state index in [1.54, 1.807) is 18.0 Å². The molecule has 6 aliphatic rings. The number of rotatable bonds is 7. The van der Waals surface area contributed by atoms with E-state index in [2.05, 4.69) is 31.8 Å². The molecule has 9 rings (SSSR count). The summed E-state index contributed by atoms with van der Waals surface area (Å²) in [6.07, 6.45) is 0. The molecule has 2 aromatic heterocycles. The van der Waals surface area contributed by atoms with E-state index in [-0.39, 0.29) is 11.3 Å². The van der Waals surface area contributed by atoms with Crippen LogP contribution in [0.25, 0.3) is 11.4 Å². The van der Waals surface area contributed by atoms with Crippen LogP contribution in [0.3, 0.4) is 0 Å². The van der Waals surface area contributed by atoms with Gasteiger partial charge in [-0.25, -0.2) is 4.98 Å². The second-order valence-electron chi connectivity index (χ2n) is 10.9. The molecule has 2 heterocycles. The van der Waals surface area contributed by atoms with Crippen molar-refractivity contribution in [2.75, 3.05) is 7.11 Å². The number of nitriles is 1. The lowest BCUT2D eigenvalue weighted by Crippen LogP contribution is -3.09. The summed E-state index contributed by atoms with van der Waals surface area (Å²) in [5.74, 6) is 5.06. The average Bonchev–Trinajstić information content (AvgIpc) is 3.36. The van der Waals surface area contributed by atoms with E-state index in [0.717, 1.165) is 23.4 Å². The summed E-state index contributed by atoms with van der Waals surface area (Å²) in [5.41, 5.74) is 3.11. The molecule has 1 aromatic carbocycles. The summed E-state index contributed by atoms with van der Waals surface area (Å²) in [7, 11) is 1.62. The lowest BCUT2D eigenvalue weighted by Gasteiger charge is -3.09. The van der Waals surface area contributed by atoms with Gasteiger partial charge in [0.05, 0.1) is 25.1 Å². The first-order valence-electron chi connectivity index (χ1n) is 12.1. The van der Waals surface area contributed by atoms with E-state index < -0.39 is 0 Å². The molecule has 0 spiro atoms. The van der Waals surface area contributed by atoms with Crippen LogP contribution in [0.2, 0.25) is 0 Å². The van der Waals surface area contributed by atoms with Crippen molar-refractivity contribution in [3.05, 3.63) is 53.3 Å². The van der Waals surface area contributed by atoms with Crippen LogP contribution in [-0.4, -0.2) is 38.2 Å². The number of pyridine rings is 1. The van der Waals surface area contributed by atoms with Crippen LogP contribution >= 0.6 is 0 Å². The number of nitrogens with one attached hydrogen (secondary N) is 1. The maximum absolute atomic E-state index is 12.8. The van der Waals surface area contributed by atoms with Crippen molar-refractivity contribution in [1.29, 1.82) is 5.26 Å². The number of benzene rings is 1. The van der Waals surface area contributed by atoms with Crippen LogP contribution < -0.4 is 10.1 Å². The van der Waals surface area contributed by atoms with Gasteiger partial charge in [0, 0.05) is 23.2 Å². The molecule has 0 saturated heterocycles. The van der Waals surface area contributed by atoms with Gasteiger partial charge in [-0.05, 0) is 77.5 Å². The molecule has 9 heteroatoms. The standard InChI is InChI=1S/C26H23N7O2/c1-12-6-14(8-16(29-12)24(34)28-9-13-4-3-5-15(7-13)35-2)23-30-32-33(31-23)11-26-20-17-21(26)19-22(26)18(20)25(17,19)10-27/h3-8,17-22H,9,11H2,1-2H3,(H,28,34). The third-order valence-corrected chi connectivity index (χ3v) is 9.93. The van der Waals surface area contributed by atoms with Crippen molar-refractivity contribution in [2.45, 2.75) is 20.0 Å². The monoisotopic (exact) mass is 465 g/mol. The number of ether oxygens (including phenoxy) is 1. The molecule has 0 radical (unpaired) electrons. The highest BCUT2D eigenvalue weighted by Gasteiger charge is 3.10. The summed E-state index contributed by atoms with van der Waals surface area (Å²) < 4.78 is 5.25. The quantitative estimate of drug-likeness (QED) is 0.568. The SMILES string of the molecule is COc1cccc(CNC(=O)c2cc(-c3nnn(CC45C6C7C4C4C5C6C74C#N)n3)cc(C)n2)c1. The number of nitrogens with zero attached hydrogens (tertiary/aromatic N) is 6. The van der Waals surface area contributed by atoms with E-state index in [1.807, 2.05) is 37.3 Å². The minimum absolute atomic E-state index is 0.0703. The van der Waals surface area contributed by atoms with Crippen molar-refractivity contribution in [3.8, 4) is 23.2 Å². The first-order chi connectivity index (χ1) is 17.0. The Balaban J connectivity index is 0.979. The molecule has 1 amide bonds. The summed E-state index contributed by atoms with van der Waals surface area (Å²) in [6, 6.07) is 13.8. The maximum atomic E-state index is 12.8. The van der Waals surface area contributed by atoms with Gasteiger partial charge in [0.2, 0.25) is 5.82 Å². The summed E-state index contributed by atoms with van der Waals surface area (Å²) in [6.45, 7) is 3.02. The summed E-state index contributed by atoms with van der Waals surface area (Å²) in [4.78, 5) is 19.0. The second-order valence-corrected chi connectivity index (χ2v) is 10.9. The number of tetrazole rings is 1. The molecule has 6 aliphatic carbocycles. The zero-order chi connectivity index (χ0) is 23.7. The van der Waals surface area contributed by atoms with Crippen LogP contribution in [0.5, 0.6) is 5.75 Å². The molecule has 174 valence electrons. The molecule has 9 nitrogen and oxygen atoms in total. The zero-order valence-corrected chi connectivity index (χ0v) is 19.3. The minimum atomic E-state index is -0.260. The molecule has 0 aliphatic heterocycles. The Bertz CT molecular complexity index is 1430. The maximum Gasteiger partial charge on any atom is 0.270 e. The topological polar surface area (TPSA) is 119 Å². The van der Waals surface area contributed by atoms with Crippen molar-refractivity contribution < 1.29 is 9.53 Å². The van der Waals surface area contributed by atoms with Gasteiger partial charge < -0.3 is 10.1 Å². The Labute approximate surface area is 201 Å². The number of methoxy groups -OCH3 is 1. The Morgan fingerprint density at radius 2 is 1.94 bits per heavy atom. The number of aromatic nitrogens is 5. The highest BCUT2D eigenvalue weighted by Crippen LogP contribution is 3.10. The van der Waals surface area contributed by atoms with Gasteiger partial charge in [0.25, 0.3) is 5.91 Å². The number of carbonyl (C=O) groups is 1. The molecule has 0 bridgehead atoms. The van der Waals surface area contributed by atoms with Crippen LogP contribution in [0.15, 0.2) is 36.4 Å². The first kappa shape index (κ1) is 19.5. The smallest absolute Gasteiger partial charge is 0.270 e. The van der Waals surface area contributed by atoms with Gasteiger partial charge in [-0.3, -0.25) is 4.79 Å². The van der Waals surface area contributed by atoms with E-state index in [4.69, 9.17) is 4.74 Å². The van der Waals surface area contributed by atoms with E-state index in [0.29, 0.717) is 64.7 Å². The largest absolute Gasteiger partial charge is 0.497 e. The van der Waals surface area contributed by atoms with Gasteiger partial charge in [-0.15, -0.1) is 10.2 Å². The van der Waals surface area contributed by atoms with Gasteiger partial charge in [0.15, 0.2) is 0 Å². The number of hydrogen-bond donors (Lipinski definition) is 1. The third kappa shape index (κ3) is 1.98. The molecule has 35 heavy (non-hydrogen) atoms. The molecule has 0 atom stereocenters. The van der Waals surface area contributed by atoms with Crippen molar-refractivity contribution in [3.63, 3.8) is 0 Å². The van der Waals surface area contributed by atoms with E-state index in [9.17, 15) is 10.1 Å². The third-order valence-electron chi connectivity index (χ3n) is 9.93. The second kappa shape index (κ2) is 6.06. The van der Waals surface area contributed by atoms with E-state index >= 15 is 0 Å². The predicted molar refractivity (Wildman–Crippen MR) is 121 cm³/mol. The van der Waals surface area contributed by atoms with Crippen molar-refractivity contribution in [1.82, 2.24) is 30.5 Å². The van der Waals surface area contributed by atoms with Gasteiger partial charge in [0.1, 0.15) is 11.4 Å². The predicted octanol–water partition coefficient (Wildman–Crippen LogP) is 2.24. The Hall–Kier alpha value is -3.80. The Morgan fingerprint density at radius 1 is 1.17 bits per heavy atom. The van der Waals surface area contributed by atoms with Crippen LogP contribution in [-0.2, 0) is 13.1 Å². The molecule has 6 fully saturated rings. The summed E-state index contributed by atoms with van der Waals surface area (Å²) in [5, 5.41) is 25.8. The van der Waals surface area contributed by atoms with Crippen LogP contribution in [0.1, 0.15) is 21.7 Å². The highest BCUT2D eigenvalue weighted by atomic mass is 16.5. The van der Waals surface area contributed by atoms with Crippen LogP contribution in [0.4, 0.5) is 0 Å². The van der Waals surface area contributed by atoms with Gasteiger partial charge >= 0.3 is 0 Å². The number of aryl methyl sites for hydroxylation is 1. The fourth-order valence-corrected chi connectivity index (χ4v) is 8.93. The molecular weight excluding hydrogens is 442 g/mol. The Morgan fingerprint density at radius 3 is 2.66 bits per heavy atom. The van der Waals surface area contributed by atoms with E-state index in [1.165, 1.54) is 0 Å². The molecule has 6 saturated carbocycles. The lowest BCUT2D eigenvalue weighted by molar-refractivity contribution is -0.644. The van der Waals surface area contributed by atoms with Gasteiger partial charge in [-0.2, -0.15) is 10.1 Å². The molecule has 3 aromatic rings. The number of carbonyl (C=O) groups excluding carboxylic acids is 1. The summed E-state index contributed by atoms with van der Waals surface area (Å²) >= 11 is 0. The fraction of sp³-hybridized carbons (Fsp3) is 0.462. The minimum Gasteiger partial charge on any atom is -0.497 e. The highest BCUT2D eigenvalue weighted by molar-refractivity contribution is 5.93. The van der Waals surface area contributed by atoms with Crippen LogP contribution in [0, 0.1) is 64.6 Å². The lowest BCUT2D eigenvalue weighted by atomic mass is 8.92. The zero-order valence-electron chi connectivity index (χ0n) is 19.3. The number of hydrogen-bond acceptors (Lipinski definition) is 7. The number of amides is 1. The molecular formula is C26H23N7O2.